The fourth-order valence-corrected chi connectivity index (χ4v) is 1.37. The van der Waals surface area contributed by atoms with Crippen molar-refractivity contribution in [2.45, 2.75) is 13.5 Å². The van der Waals surface area contributed by atoms with Crippen molar-refractivity contribution in [2.24, 2.45) is 5.92 Å². The van der Waals surface area contributed by atoms with Gasteiger partial charge in [-0.3, -0.25) is 9.88 Å². The summed E-state index contributed by atoms with van der Waals surface area (Å²) >= 11 is 5.62. The third-order valence-electron chi connectivity index (χ3n) is 1.91. The van der Waals surface area contributed by atoms with Crippen LogP contribution in [0.4, 0.5) is 0 Å². The zero-order valence-corrected chi connectivity index (χ0v) is 9.57. The van der Waals surface area contributed by atoms with E-state index in [1.54, 1.807) is 6.20 Å². The van der Waals surface area contributed by atoms with E-state index in [0.29, 0.717) is 11.7 Å². The molecule has 80 valence electrons. The van der Waals surface area contributed by atoms with Crippen LogP contribution < -0.4 is 0 Å². The fourth-order valence-electron chi connectivity index (χ4n) is 1.27. The standard InChI is InChI=1S/C10H13ClN4/c1-8(3-12)6-15(2)7-9-4-14-10(11)5-13-9/h4-5,8H,6-7H2,1-2H3. The molecule has 0 aliphatic carbocycles. The van der Waals surface area contributed by atoms with E-state index in [1.165, 1.54) is 6.20 Å². The molecule has 0 bridgehead atoms. The summed E-state index contributed by atoms with van der Waals surface area (Å²) in [5, 5.41) is 9.06. The van der Waals surface area contributed by atoms with Gasteiger partial charge >= 0.3 is 0 Å². The Morgan fingerprint density at radius 3 is 2.80 bits per heavy atom. The molecule has 1 atom stereocenters. The highest BCUT2D eigenvalue weighted by atomic mass is 35.5. The Kier molecular flexibility index (Phi) is 4.47. The molecule has 0 aromatic carbocycles. The van der Waals surface area contributed by atoms with Gasteiger partial charge in [-0.25, -0.2) is 4.98 Å². The second kappa shape index (κ2) is 5.64. The molecule has 0 amide bonds. The van der Waals surface area contributed by atoms with E-state index in [4.69, 9.17) is 16.9 Å². The maximum atomic E-state index is 8.66. The van der Waals surface area contributed by atoms with Gasteiger partial charge in [0.1, 0.15) is 5.15 Å². The van der Waals surface area contributed by atoms with E-state index in [1.807, 2.05) is 18.9 Å². The van der Waals surface area contributed by atoms with E-state index < -0.39 is 0 Å². The SMILES string of the molecule is CC(C#N)CN(C)Cc1cnc(Cl)cn1. The molecule has 0 N–H and O–H groups in total. The van der Waals surface area contributed by atoms with Gasteiger partial charge in [-0.05, 0) is 14.0 Å². The van der Waals surface area contributed by atoms with Crippen LogP contribution in [-0.4, -0.2) is 28.5 Å². The lowest BCUT2D eigenvalue weighted by Gasteiger charge is -2.16. The molecule has 0 fully saturated rings. The highest BCUT2D eigenvalue weighted by Crippen LogP contribution is 2.04. The number of aromatic nitrogens is 2. The maximum absolute atomic E-state index is 8.66. The molecule has 0 saturated heterocycles. The van der Waals surface area contributed by atoms with Crippen molar-refractivity contribution < 1.29 is 0 Å². The molecule has 1 heterocycles. The van der Waals surface area contributed by atoms with Gasteiger partial charge in [0, 0.05) is 13.1 Å². The van der Waals surface area contributed by atoms with E-state index in [9.17, 15) is 0 Å². The molecule has 1 aromatic heterocycles. The van der Waals surface area contributed by atoms with Gasteiger partial charge < -0.3 is 0 Å². The zero-order chi connectivity index (χ0) is 11.3. The summed E-state index contributed by atoms with van der Waals surface area (Å²) in [7, 11) is 1.95. The number of hydrogen-bond donors (Lipinski definition) is 0. The Balaban J connectivity index is 2.48. The topological polar surface area (TPSA) is 52.8 Å². The molecule has 1 aromatic rings. The first-order valence-corrected chi connectivity index (χ1v) is 5.04. The fraction of sp³-hybridized carbons (Fsp3) is 0.500. The van der Waals surface area contributed by atoms with Gasteiger partial charge in [-0.1, -0.05) is 11.6 Å². The van der Waals surface area contributed by atoms with Crippen LogP contribution >= 0.6 is 11.6 Å². The smallest absolute Gasteiger partial charge is 0.147 e. The number of rotatable bonds is 4. The third kappa shape index (κ3) is 4.24. The van der Waals surface area contributed by atoms with Gasteiger partial charge in [-0.2, -0.15) is 5.26 Å². The van der Waals surface area contributed by atoms with Crippen LogP contribution in [0, 0.1) is 17.2 Å². The normalized spacial score (nSPS) is 12.5. The Morgan fingerprint density at radius 2 is 2.27 bits per heavy atom. The van der Waals surface area contributed by atoms with E-state index in [0.717, 1.165) is 12.2 Å². The first-order chi connectivity index (χ1) is 7.11. The Morgan fingerprint density at radius 1 is 1.53 bits per heavy atom. The summed E-state index contributed by atoms with van der Waals surface area (Å²) in [5.74, 6) is 0.0234. The lowest BCUT2D eigenvalue weighted by molar-refractivity contribution is 0.299. The minimum atomic E-state index is 0.0234. The Labute approximate surface area is 94.5 Å². The molecule has 0 radical (unpaired) electrons. The van der Waals surface area contributed by atoms with Crippen LogP contribution in [0.2, 0.25) is 5.15 Å². The number of halogens is 1. The van der Waals surface area contributed by atoms with Crippen molar-refractivity contribution in [3.05, 3.63) is 23.2 Å². The average Bonchev–Trinajstić information content (AvgIpc) is 2.21. The van der Waals surface area contributed by atoms with Crippen molar-refractivity contribution >= 4 is 11.6 Å². The first kappa shape index (κ1) is 11.9. The predicted octanol–water partition coefficient (Wildman–Crippen LogP) is 1.72. The molecule has 1 rings (SSSR count). The van der Waals surface area contributed by atoms with E-state index >= 15 is 0 Å². The maximum Gasteiger partial charge on any atom is 0.147 e. The van der Waals surface area contributed by atoms with Gasteiger partial charge in [-0.15, -0.1) is 0 Å². The Hall–Kier alpha value is -1.18. The molecule has 0 saturated carbocycles. The van der Waals surface area contributed by atoms with Crippen molar-refractivity contribution in [1.82, 2.24) is 14.9 Å². The molecule has 0 aliphatic heterocycles. The second-order valence-corrected chi connectivity index (χ2v) is 3.94. The average molecular weight is 225 g/mol. The van der Waals surface area contributed by atoms with Crippen LogP contribution in [0.1, 0.15) is 12.6 Å². The third-order valence-corrected chi connectivity index (χ3v) is 2.11. The van der Waals surface area contributed by atoms with Crippen LogP contribution in [0.25, 0.3) is 0 Å². The summed E-state index contributed by atoms with van der Waals surface area (Å²) in [4.78, 5) is 10.1. The van der Waals surface area contributed by atoms with Crippen LogP contribution in [0.3, 0.4) is 0 Å². The van der Waals surface area contributed by atoms with Gasteiger partial charge in [0.05, 0.1) is 30.1 Å². The van der Waals surface area contributed by atoms with Crippen LogP contribution in [0.15, 0.2) is 12.4 Å². The summed E-state index contributed by atoms with van der Waals surface area (Å²) in [6, 6.07) is 2.19. The van der Waals surface area contributed by atoms with Gasteiger partial charge in [0.25, 0.3) is 0 Å². The lowest BCUT2D eigenvalue weighted by atomic mass is 10.2. The highest BCUT2D eigenvalue weighted by molar-refractivity contribution is 6.29. The molecular weight excluding hydrogens is 212 g/mol. The molecule has 15 heavy (non-hydrogen) atoms. The van der Waals surface area contributed by atoms with Crippen molar-refractivity contribution in [3.8, 4) is 6.07 Å². The molecule has 0 spiro atoms. The minimum Gasteiger partial charge on any atom is -0.299 e. The monoisotopic (exact) mass is 224 g/mol. The summed E-state index contributed by atoms with van der Waals surface area (Å²) in [6.45, 7) is 3.29. The molecule has 1 unspecified atom stereocenters. The predicted molar refractivity (Wildman–Crippen MR) is 58.2 cm³/mol. The minimum absolute atomic E-state index is 0.0234. The number of nitriles is 1. The first-order valence-electron chi connectivity index (χ1n) is 4.66. The summed E-state index contributed by atoms with van der Waals surface area (Å²) in [6.07, 6.45) is 3.17. The quantitative estimate of drug-likeness (QED) is 0.782. The van der Waals surface area contributed by atoms with Gasteiger partial charge in [0.2, 0.25) is 0 Å². The molecule has 5 heteroatoms. The summed E-state index contributed by atoms with van der Waals surface area (Å²) < 4.78 is 0. The zero-order valence-electron chi connectivity index (χ0n) is 8.81. The van der Waals surface area contributed by atoms with Gasteiger partial charge in [0.15, 0.2) is 0 Å². The van der Waals surface area contributed by atoms with Crippen molar-refractivity contribution in [3.63, 3.8) is 0 Å². The molecular formula is C10H13ClN4. The van der Waals surface area contributed by atoms with E-state index in [-0.39, 0.29) is 5.92 Å². The Bertz CT molecular complexity index is 343. The van der Waals surface area contributed by atoms with Crippen LogP contribution in [0.5, 0.6) is 0 Å². The molecule has 4 nitrogen and oxygen atoms in total. The molecule has 0 aliphatic rings. The highest BCUT2D eigenvalue weighted by Gasteiger charge is 2.06. The van der Waals surface area contributed by atoms with E-state index in [2.05, 4.69) is 16.0 Å². The van der Waals surface area contributed by atoms with Crippen LogP contribution in [-0.2, 0) is 6.54 Å². The second-order valence-electron chi connectivity index (χ2n) is 3.56. The number of hydrogen-bond acceptors (Lipinski definition) is 4. The number of nitrogens with zero attached hydrogens (tertiary/aromatic N) is 4. The van der Waals surface area contributed by atoms with Crippen molar-refractivity contribution in [2.75, 3.05) is 13.6 Å². The van der Waals surface area contributed by atoms with Crippen molar-refractivity contribution in [1.29, 1.82) is 5.26 Å². The summed E-state index contributed by atoms with van der Waals surface area (Å²) in [5.41, 5.74) is 0.854. The lowest BCUT2D eigenvalue weighted by Crippen LogP contribution is -2.23. The largest absolute Gasteiger partial charge is 0.299 e.